The molecule has 0 spiro atoms. The number of fused-ring (bicyclic) bond motifs is 1. The molecule has 1 fully saturated rings. The molecule has 0 amide bonds. The van der Waals surface area contributed by atoms with Crippen LogP contribution in [-0.4, -0.2) is 19.0 Å². The normalized spacial score (nSPS) is 22.2. The van der Waals surface area contributed by atoms with E-state index in [1.165, 1.54) is 11.1 Å². The van der Waals surface area contributed by atoms with Crippen LogP contribution in [0.4, 0.5) is 0 Å². The third-order valence-electron chi connectivity index (χ3n) is 4.46. The number of rotatable bonds is 3. The lowest BCUT2D eigenvalue weighted by Crippen LogP contribution is -2.15. The summed E-state index contributed by atoms with van der Waals surface area (Å²) in [6.45, 7) is 3.22. The molecule has 0 saturated heterocycles. The average molecular weight is 294 g/mol. The standard InChI is InChI=1S/C19H18O3/c1-12-2-4-13(5-3-12)19(20)16-11-15(16)14-6-7-17-18(10-14)22-9-8-21-17/h2-7,10,15-16H,8-9,11H2,1H3. The molecule has 0 radical (unpaired) electrons. The van der Waals surface area contributed by atoms with Crippen LogP contribution in [0, 0.1) is 12.8 Å². The predicted octanol–water partition coefficient (Wildman–Crippen LogP) is 3.75. The smallest absolute Gasteiger partial charge is 0.166 e. The van der Waals surface area contributed by atoms with Crippen molar-refractivity contribution in [2.45, 2.75) is 19.3 Å². The number of Topliss-reactive ketones (excluding diaryl/α,β-unsaturated/α-hetero) is 1. The number of carbonyl (C=O) groups is 1. The van der Waals surface area contributed by atoms with Crippen LogP contribution in [0.15, 0.2) is 42.5 Å². The molecule has 0 aromatic heterocycles. The lowest BCUT2D eigenvalue weighted by Gasteiger charge is -2.18. The van der Waals surface area contributed by atoms with Crippen LogP contribution >= 0.6 is 0 Å². The minimum Gasteiger partial charge on any atom is -0.486 e. The number of ketones is 1. The highest BCUT2D eigenvalue weighted by Gasteiger charge is 2.44. The Morgan fingerprint density at radius 3 is 2.50 bits per heavy atom. The molecule has 112 valence electrons. The first kappa shape index (κ1) is 13.4. The number of aryl methyl sites for hydroxylation is 1. The van der Waals surface area contributed by atoms with Crippen LogP contribution in [0.5, 0.6) is 11.5 Å². The van der Waals surface area contributed by atoms with E-state index in [-0.39, 0.29) is 11.7 Å². The fraction of sp³-hybridized carbons (Fsp3) is 0.316. The highest BCUT2D eigenvalue weighted by molar-refractivity contribution is 6.00. The summed E-state index contributed by atoms with van der Waals surface area (Å²) in [5.74, 6) is 2.27. The fourth-order valence-corrected chi connectivity index (χ4v) is 3.08. The van der Waals surface area contributed by atoms with E-state index in [9.17, 15) is 4.79 Å². The Labute approximate surface area is 129 Å². The van der Waals surface area contributed by atoms with E-state index in [2.05, 4.69) is 6.07 Å². The molecule has 1 aliphatic carbocycles. The van der Waals surface area contributed by atoms with E-state index >= 15 is 0 Å². The van der Waals surface area contributed by atoms with E-state index in [0.717, 1.165) is 23.5 Å². The Balaban J connectivity index is 1.52. The van der Waals surface area contributed by atoms with E-state index in [0.29, 0.717) is 19.1 Å². The zero-order valence-corrected chi connectivity index (χ0v) is 12.5. The van der Waals surface area contributed by atoms with Gasteiger partial charge in [-0.1, -0.05) is 35.9 Å². The molecule has 2 aromatic carbocycles. The van der Waals surface area contributed by atoms with E-state index in [1.54, 1.807) is 0 Å². The van der Waals surface area contributed by atoms with Crippen molar-refractivity contribution >= 4 is 5.78 Å². The molecule has 1 aliphatic heterocycles. The highest BCUT2D eigenvalue weighted by atomic mass is 16.6. The van der Waals surface area contributed by atoms with Gasteiger partial charge in [0.15, 0.2) is 17.3 Å². The number of benzene rings is 2. The van der Waals surface area contributed by atoms with Crippen molar-refractivity contribution in [3.63, 3.8) is 0 Å². The van der Waals surface area contributed by atoms with Gasteiger partial charge in [0.25, 0.3) is 0 Å². The molecular weight excluding hydrogens is 276 g/mol. The lowest BCUT2D eigenvalue weighted by atomic mass is 10.0. The number of ether oxygens (including phenoxy) is 2. The molecular formula is C19H18O3. The third-order valence-corrected chi connectivity index (χ3v) is 4.46. The minimum atomic E-state index is 0.102. The molecule has 3 nitrogen and oxygen atoms in total. The summed E-state index contributed by atoms with van der Waals surface area (Å²) in [5, 5.41) is 0. The minimum absolute atomic E-state index is 0.102. The summed E-state index contributed by atoms with van der Waals surface area (Å²) in [7, 11) is 0. The van der Waals surface area contributed by atoms with Gasteiger partial charge in [0.2, 0.25) is 0 Å². The summed E-state index contributed by atoms with van der Waals surface area (Å²) in [6, 6.07) is 13.9. The van der Waals surface area contributed by atoms with Gasteiger partial charge in [0.05, 0.1) is 0 Å². The van der Waals surface area contributed by atoms with Crippen LogP contribution in [0.3, 0.4) is 0 Å². The van der Waals surface area contributed by atoms with Gasteiger partial charge in [0.1, 0.15) is 13.2 Å². The van der Waals surface area contributed by atoms with Gasteiger partial charge in [-0.3, -0.25) is 4.79 Å². The molecule has 2 atom stereocenters. The van der Waals surface area contributed by atoms with E-state index < -0.39 is 0 Å². The molecule has 0 N–H and O–H groups in total. The average Bonchev–Trinajstić information content (AvgIpc) is 3.35. The zero-order chi connectivity index (χ0) is 15.1. The van der Waals surface area contributed by atoms with Crippen LogP contribution in [0.1, 0.15) is 33.8 Å². The molecule has 1 heterocycles. The topological polar surface area (TPSA) is 35.5 Å². The fourth-order valence-electron chi connectivity index (χ4n) is 3.08. The molecule has 0 bridgehead atoms. The first-order chi connectivity index (χ1) is 10.7. The van der Waals surface area contributed by atoms with Gasteiger partial charge in [-0.2, -0.15) is 0 Å². The SMILES string of the molecule is Cc1ccc(C(=O)C2CC2c2ccc3c(c2)OCCO3)cc1. The van der Waals surface area contributed by atoms with Crippen molar-refractivity contribution < 1.29 is 14.3 Å². The maximum absolute atomic E-state index is 12.5. The van der Waals surface area contributed by atoms with Crippen LogP contribution in [-0.2, 0) is 0 Å². The first-order valence-electron chi connectivity index (χ1n) is 7.73. The Bertz CT molecular complexity index is 718. The Morgan fingerprint density at radius 2 is 1.73 bits per heavy atom. The van der Waals surface area contributed by atoms with Gasteiger partial charge in [-0.05, 0) is 37.0 Å². The third kappa shape index (κ3) is 2.37. The quantitative estimate of drug-likeness (QED) is 0.809. The van der Waals surface area contributed by atoms with Crippen molar-refractivity contribution in [3.8, 4) is 11.5 Å². The number of hydrogen-bond donors (Lipinski definition) is 0. The molecule has 2 aromatic rings. The highest BCUT2D eigenvalue weighted by Crippen LogP contribution is 2.50. The molecule has 22 heavy (non-hydrogen) atoms. The second kappa shape index (κ2) is 5.16. The lowest BCUT2D eigenvalue weighted by molar-refractivity contribution is 0.0965. The number of carbonyl (C=O) groups excluding carboxylic acids is 1. The molecule has 4 rings (SSSR count). The van der Waals surface area contributed by atoms with Crippen molar-refractivity contribution in [1.82, 2.24) is 0 Å². The van der Waals surface area contributed by atoms with E-state index in [1.807, 2.05) is 43.3 Å². The molecule has 2 aliphatic rings. The molecule has 1 saturated carbocycles. The zero-order valence-electron chi connectivity index (χ0n) is 12.5. The molecule has 2 unspecified atom stereocenters. The molecule has 3 heteroatoms. The predicted molar refractivity (Wildman–Crippen MR) is 83.8 cm³/mol. The number of hydrogen-bond acceptors (Lipinski definition) is 3. The van der Waals surface area contributed by atoms with Gasteiger partial charge in [-0.15, -0.1) is 0 Å². The van der Waals surface area contributed by atoms with Crippen molar-refractivity contribution in [2.24, 2.45) is 5.92 Å². The summed E-state index contributed by atoms with van der Waals surface area (Å²) in [4.78, 5) is 12.5. The monoisotopic (exact) mass is 294 g/mol. The second-order valence-electron chi connectivity index (χ2n) is 6.08. The van der Waals surface area contributed by atoms with Crippen molar-refractivity contribution in [1.29, 1.82) is 0 Å². The second-order valence-corrected chi connectivity index (χ2v) is 6.08. The van der Waals surface area contributed by atoms with E-state index in [4.69, 9.17) is 9.47 Å². The summed E-state index contributed by atoms with van der Waals surface area (Å²) < 4.78 is 11.2. The first-order valence-corrected chi connectivity index (χ1v) is 7.73. The van der Waals surface area contributed by atoms with Crippen LogP contribution in [0.25, 0.3) is 0 Å². The van der Waals surface area contributed by atoms with Gasteiger partial charge in [-0.25, -0.2) is 0 Å². The largest absolute Gasteiger partial charge is 0.486 e. The Hall–Kier alpha value is -2.29. The van der Waals surface area contributed by atoms with Crippen LogP contribution in [0.2, 0.25) is 0 Å². The van der Waals surface area contributed by atoms with Gasteiger partial charge >= 0.3 is 0 Å². The summed E-state index contributed by atoms with van der Waals surface area (Å²) in [6.07, 6.45) is 0.923. The maximum Gasteiger partial charge on any atom is 0.166 e. The van der Waals surface area contributed by atoms with Gasteiger partial charge < -0.3 is 9.47 Å². The summed E-state index contributed by atoms with van der Waals surface area (Å²) in [5.41, 5.74) is 3.17. The van der Waals surface area contributed by atoms with Crippen molar-refractivity contribution in [3.05, 3.63) is 59.2 Å². The maximum atomic E-state index is 12.5. The summed E-state index contributed by atoms with van der Waals surface area (Å²) >= 11 is 0. The van der Waals surface area contributed by atoms with Gasteiger partial charge in [0, 0.05) is 11.5 Å². The Kier molecular flexibility index (Phi) is 3.14. The Morgan fingerprint density at radius 1 is 1.00 bits per heavy atom. The van der Waals surface area contributed by atoms with Crippen molar-refractivity contribution in [2.75, 3.05) is 13.2 Å². The van der Waals surface area contributed by atoms with Crippen LogP contribution < -0.4 is 9.47 Å².